The van der Waals surface area contributed by atoms with Crippen molar-refractivity contribution in [3.8, 4) is 0 Å². The topological polar surface area (TPSA) is 75.2 Å². The number of hydrogen-bond acceptors (Lipinski definition) is 4. The Hall–Kier alpha value is -2.33. The van der Waals surface area contributed by atoms with Crippen LogP contribution in [-0.4, -0.2) is 50.3 Å². The van der Waals surface area contributed by atoms with E-state index in [1.54, 1.807) is 0 Å². The Morgan fingerprint density at radius 2 is 1.88 bits per heavy atom. The first-order valence-electron chi connectivity index (χ1n) is 10.8. The molecule has 7 nitrogen and oxygen atoms in total. The highest BCUT2D eigenvalue weighted by Gasteiger charge is 2.25. The van der Waals surface area contributed by atoms with E-state index in [1.165, 1.54) is 12.7 Å². The van der Waals surface area contributed by atoms with Crippen LogP contribution in [0.1, 0.15) is 24.5 Å². The first-order valence-corrected chi connectivity index (χ1v) is 10.8. The van der Waals surface area contributed by atoms with Gasteiger partial charge in [-0.1, -0.05) is 42.5 Å². The minimum atomic E-state index is -0.475. The third-order valence-corrected chi connectivity index (χ3v) is 5.18. The number of anilines is 1. The highest BCUT2D eigenvalue weighted by atomic mass is 127. The molecule has 0 aromatic heterocycles. The molecule has 1 aliphatic heterocycles. The minimum Gasteiger partial charge on any atom is -0.453 e. The molecule has 32 heavy (non-hydrogen) atoms. The fourth-order valence-electron chi connectivity index (χ4n) is 3.53. The van der Waals surface area contributed by atoms with Crippen molar-refractivity contribution in [1.82, 2.24) is 10.2 Å². The Bertz CT molecular complexity index is 846. The molecule has 8 heteroatoms. The summed E-state index contributed by atoms with van der Waals surface area (Å²) in [5.74, 6) is 1.45. The van der Waals surface area contributed by atoms with Crippen LogP contribution in [0.3, 0.4) is 0 Å². The van der Waals surface area contributed by atoms with E-state index < -0.39 is 6.09 Å². The number of carbonyl (C=O) groups excluding carboxylic acids is 1. The summed E-state index contributed by atoms with van der Waals surface area (Å²) in [6.07, 6.45) is 0.629. The largest absolute Gasteiger partial charge is 0.453 e. The van der Waals surface area contributed by atoms with Crippen LogP contribution >= 0.6 is 24.0 Å². The van der Waals surface area contributed by atoms with E-state index in [2.05, 4.69) is 39.3 Å². The number of carbonyl (C=O) groups is 1. The number of halogens is 1. The Balaban J connectivity index is 0.00000363. The van der Waals surface area contributed by atoms with E-state index in [9.17, 15) is 4.79 Å². The fraction of sp³-hybridized carbons (Fsp3) is 0.417. The van der Waals surface area contributed by atoms with Gasteiger partial charge in [0, 0.05) is 31.2 Å². The van der Waals surface area contributed by atoms with E-state index >= 15 is 0 Å². The van der Waals surface area contributed by atoms with Crippen molar-refractivity contribution in [2.45, 2.75) is 26.5 Å². The van der Waals surface area contributed by atoms with E-state index in [0.29, 0.717) is 24.8 Å². The van der Waals surface area contributed by atoms with Gasteiger partial charge in [0.2, 0.25) is 0 Å². The molecular formula is C24H33IN4O3. The number of hydrogen-bond donors (Lipinski definition) is 2. The van der Waals surface area contributed by atoms with Crippen LogP contribution in [0.4, 0.5) is 10.5 Å². The van der Waals surface area contributed by atoms with Crippen molar-refractivity contribution in [1.29, 1.82) is 0 Å². The second kappa shape index (κ2) is 13.9. The van der Waals surface area contributed by atoms with Crippen molar-refractivity contribution < 1.29 is 14.3 Å². The molecule has 1 saturated heterocycles. The summed E-state index contributed by atoms with van der Waals surface area (Å²) < 4.78 is 10.6. The summed E-state index contributed by atoms with van der Waals surface area (Å²) in [6, 6.07) is 17.9. The summed E-state index contributed by atoms with van der Waals surface area (Å²) in [5, 5.41) is 6.06. The Morgan fingerprint density at radius 1 is 1.12 bits per heavy atom. The summed E-state index contributed by atoms with van der Waals surface area (Å²) in [5.41, 5.74) is 2.98. The molecule has 0 saturated carbocycles. The highest BCUT2D eigenvalue weighted by molar-refractivity contribution is 14.0. The van der Waals surface area contributed by atoms with Gasteiger partial charge in [0.25, 0.3) is 0 Å². The molecule has 1 unspecified atom stereocenters. The van der Waals surface area contributed by atoms with Crippen molar-refractivity contribution in [2.24, 2.45) is 10.9 Å². The lowest BCUT2D eigenvalue weighted by Gasteiger charge is -2.21. The molecule has 0 radical (unpaired) electrons. The van der Waals surface area contributed by atoms with Gasteiger partial charge in [0.05, 0.1) is 26.9 Å². The van der Waals surface area contributed by atoms with Gasteiger partial charge >= 0.3 is 6.09 Å². The predicted molar refractivity (Wildman–Crippen MR) is 138 cm³/mol. The number of aliphatic imine (C=N–C) groups is 1. The van der Waals surface area contributed by atoms with Crippen molar-refractivity contribution >= 4 is 41.7 Å². The first kappa shape index (κ1) is 25.9. The van der Waals surface area contributed by atoms with Gasteiger partial charge < -0.3 is 19.7 Å². The third kappa shape index (κ3) is 8.31. The van der Waals surface area contributed by atoms with Gasteiger partial charge in [-0.15, -0.1) is 24.0 Å². The number of nitrogens with zero attached hydrogens (tertiary/aromatic N) is 2. The van der Waals surface area contributed by atoms with Crippen LogP contribution in [0, 0.1) is 5.92 Å². The maximum atomic E-state index is 11.3. The molecular weight excluding hydrogens is 519 g/mol. The van der Waals surface area contributed by atoms with Crippen LogP contribution in [0.5, 0.6) is 0 Å². The van der Waals surface area contributed by atoms with Gasteiger partial charge in [-0.25, -0.2) is 9.79 Å². The van der Waals surface area contributed by atoms with E-state index in [0.717, 1.165) is 44.2 Å². The zero-order valence-corrected chi connectivity index (χ0v) is 21.1. The maximum absolute atomic E-state index is 11.3. The number of amides is 1. The minimum absolute atomic E-state index is 0. The molecule has 1 heterocycles. The maximum Gasteiger partial charge on any atom is 0.411 e. The number of methoxy groups -OCH3 is 1. The SMILES string of the molecule is CCNC(=NCc1ccc(NC(=O)OC)cc1)N1CCC(COCc2ccccc2)C1.I. The van der Waals surface area contributed by atoms with Crippen LogP contribution < -0.4 is 10.6 Å². The van der Waals surface area contributed by atoms with Gasteiger partial charge in [-0.2, -0.15) is 0 Å². The quantitative estimate of drug-likeness (QED) is 0.287. The number of likely N-dealkylation sites (tertiary alicyclic amines) is 1. The van der Waals surface area contributed by atoms with Crippen LogP contribution in [0.25, 0.3) is 0 Å². The molecule has 0 bridgehead atoms. The highest BCUT2D eigenvalue weighted by Crippen LogP contribution is 2.18. The fourth-order valence-corrected chi connectivity index (χ4v) is 3.53. The van der Waals surface area contributed by atoms with Crippen molar-refractivity contribution in [3.63, 3.8) is 0 Å². The predicted octanol–water partition coefficient (Wildman–Crippen LogP) is 4.49. The Morgan fingerprint density at radius 3 is 2.56 bits per heavy atom. The van der Waals surface area contributed by atoms with Gasteiger partial charge in [0.15, 0.2) is 5.96 Å². The molecule has 2 N–H and O–H groups in total. The number of nitrogens with one attached hydrogen (secondary N) is 2. The molecule has 1 amide bonds. The van der Waals surface area contributed by atoms with Crippen LogP contribution in [0.15, 0.2) is 59.6 Å². The number of guanidine groups is 1. The second-order valence-electron chi connectivity index (χ2n) is 7.59. The van der Waals surface area contributed by atoms with Crippen molar-refractivity contribution in [3.05, 3.63) is 65.7 Å². The lowest BCUT2D eigenvalue weighted by Crippen LogP contribution is -2.40. The average Bonchev–Trinajstić information content (AvgIpc) is 3.27. The zero-order valence-electron chi connectivity index (χ0n) is 18.8. The number of benzene rings is 2. The lowest BCUT2D eigenvalue weighted by molar-refractivity contribution is 0.0906. The van der Waals surface area contributed by atoms with E-state index in [-0.39, 0.29) is 24.0 Å². The summed E-state index contributed by atoms with van der Waals surface area (Å²) in [4.78, 5) is 18.4. The Kier molecular flexibility index (Phi) is 11.3. The van der Waals surface area contributed by atoms with Crippen LogP contribution in [-0.2, 0) is 22.6 Å². The normalized spacial score (nSPS) is 15.8. The van der Waals surface area contributed by atoms with E-state index in [4.69, 9.17) is 9.73 Å². The molecule has 1 aliphatic rings. The van der Waals surface area contributed by atoms with Gasteiger partial charge in [-0.05, 0) is 36.6 Å². The van der Waals surface area contributed by atoms with Gasteiger partial charge in [0.1, 0.15) is 0 Å². The molecule has 0 spiro atoms. The number of ether oxygens (including phenoxy) is 2. The summed E-state index contributed by atoms with van der Waals surface area (Å²) in [6.45, 7) is 6.83. The number of rotatable bonds is 8. The second-order valence-corrected chi connectivity index (χ2v) is 7.59. The van der Waals surface area contributed by atoms with Crippen molar-refractivity contribution in [2.75, 3.05) is 38.7 Å². The van der Waals surface area contributed by atoms with Gasteiger partial charge in [-0.3, -0.25) is 5.32 Å². The molecule has 2 aromatic rings. The van der Waals surface area contributed by atoms with Crippen LogP contribution in [0.2, 0.25) is 0 Å². The molecule has 3 rings (SSSR count). The molecule has 0 aliphatic carbocycles. The smallest absolute Gasteiger partial charge is 0.411 e. The zero-order chi connectivity index (χ0) is 21.9. The average molecular weight is 552 g/mol. The summed E-state index contributed by atoms with van der Waals surface area (Å²) >= 11 is 0. The Labute approximate surface area is 207 Å². The third-order valence-electron chi connectivity index (χ3n) is 5.18. The molecule has 174 valence electrons. The molecule has 1 atom stereocenters. The standard InChI is InChI=1S/C24H32N4O3.HI/c1-3-25-23(26-15-19-9-11-22(12-10-19)27-24(29)30-2)28-14-13-21(16-28)18-31-17-20-7-5-4-6-8-20;/h4-12,21H,3,13-18H2,1-2H3,(H,25,26)(H,27,29);1H. The molecule has 1 fully saturated rings. The monoisotopic (exact) mass is 552 g/mol. The first-order chi connectivity index (χ1) is 15.2. The molecule has 2 aromatic carbocycles. The lowest BCUT2D eigenvalue weighted by atomic mass is 10.1. The summed E-state index contributed by atoms with van der Waals surface area (Å²) in [7, 11) is 1.35. The van der Waals surface area contributed by atoms with E-state index in [1.807, 2.05) is 42.5 Å².